The second-order valence-electron chi connectivity index (χ2n) is 16.3. The minimum Gasteiger partial charge on any atom is -0.499 e. The first kappa shape index (κ1) is 38.7. The quantitative estimate of drug-likeness (QED) is 0.103. The molecule has 3 aliphatic heterocycles. The largest absolute Gasteiger partial charge is 0.499 e. The first-order valence-corrected chi connectivity index (χ1v) is 19.3. The number of amides is 2. The summed E-state index contributed by atoms with van der Waals surface area (Å²) in [5.74, 6) is -2.19. The molecular formula is C39H53N3O12. The average molecular weight is 756 g/mol. The molecule has 0 spiro atoms. The lowest BCUT2D eigenvalue weighted by molar-refractivity contribution is -0.235. The van der Waals surface area contributed by atoms with Crippen molar-refractivity contribution < 1.29 is 57.9 Å². The van der Waals surface area contributed by atoms with Crippen LogP contribution >= 0.6 is 0 Å². The standard InChI is InChI=1S/C39H53N3O12/c1-37(2,3)51-30(46)13-12-27(22-44)41-29(45)14-16-40-36(48)38-20-28-31-32(53-39(52-31,25-8-9-25)26-10-11-26)34(38)54-42(33(38)35(47)50-28)21-24-7-5-4-6-23(24)15-18-49-19-17-43/h4-7,15,18,25-28,31-34,43-44H,8-14,16-17,19-22H2,1-3H3,(H,40,48)(H,41,45)/t27-,28+,31-,32-,33-,34+,38-/m0/s1. The Balaban J connectivity index is 1.08. The van der Waals surface area contributed by atoms with Gasteiger partial charge in [0, 0.05) is 37.6 Å². The van der Waals surface area contributed by atoms with Crippen LogP contribution in [0.4, 0.5) is 0 Å². The molecule has 3 saturated carbocycles. The van der Waals surface area contributed by atoms with Crippen molar-refractivity contribution in [3.05, 3.63) is 41.7 Å². The molecule has 54 heavy (non-hydrogen) atoms. The second kappa shape index (κ2) is 15.5. The van der Waals surface area contributed by atoms with Crippen molar-refractivity contribution in [3.8, 4) is 0 Å². The Morgan fingerprint density at radius 1 is 1.06 bits per heavy atom. The number of benzene rings is 1. The highest BCUT2D eigenvalue weighted by atomic mass is 16.8. The number of nitrogens with one attached hydrogen (secondary N) is 2. The second-order valence-corrected chi connectivity index (χ2v) is 16.3. The zero-order valence-corrected chi connectivity index (χ0v) is 31.2. The smallest absolute Gasteiger partial charge is 0.327 e. The molecule has 15 heteroatoms. The van der Waals surface area contributed by atoms with Gasteiger partial charge in [-0.05, 0) is 70.1 Å². The van der Waals surface area contributed by atoms with E-state index in [1.165, 1.54) is 11.3 Å². The predicted molar refractivity (Wildman–Crippen MR) is 189 cm³/mol. The van der Waals surface area contributed by atoms with Crippen molar-refractivity contribution in [1.82, 2.24) is 15.7 Å². The zero-order valence-electron chi connectivity index (χ0n) is 31.2. The Hall–Kier alpha value is -3.60. The first-order chi connectivity index (χ1) is 25.9. The molecule has 1 aromatic carbocycles. The topological polar surface area (TPSA) is 191 Å². The van der Waals surface area contributed by atoms with E-state index in [2.05, 4.69) is 10.6 Å². The van der Waals surface area contributed by atoms with Gasteiger partial charge in [0.15, 0.2) is 11.8 Å². The number of hydrogen-bond donors (Lipinski definition) is 4. The van der Waals surface area contributed by atoms with Crippen LogP contribution in [0.3, 0.4) is 0 Å². The van der Waals surface area contributed by atoms with Gasteiger partial charge in [-0.2, -0.15) is 5.06 Å². The average Bonchev–Trinajstić information content (AvgIpc) is 4.07. The highest BCUT2D eigenvalue weighted by Crippen LogP contribution is 2.63. The number of fused-ring (bicyclic) bond motifs is 4. The molecule has 3 aliphatic carbocycles. The fourth-order valence-corrected chi connectivity index (χ4v) is 8.57. The molecule has 3 heterocycles. The molecule has 0 unspecified atom stereocenters. The molecule has 296 valence electrons. The van der Waals surface area contributed by atoms with Crippen LogP contribution in [0.2, 0.25) is 0 Å². The number of esters is 2. The summed E-state index contributed by atoms with van der Waals surface area (Å²) >= 11 is 0. The van der Waals surface area contributed by atoms with Gasteiger partial charge in [-0.1, -0.05) is 24.3 Å². The van der Waals surface area contributed by atoms with Gasteiger partial charge in [-0.15, -0.1) is 0 Å². The normalized spacial score (nSPS) is 30.4. The summed E-state index contributed by atoms with van der Waals surface area (Å²) in [7, 11) is 0. The summed E-state index contributed by atoms with van der Waals surface area (Å²) in [6.07, 6.45) is 4.61. The van der Waals surface area contributed by atoms with Gasteiger partial charge in [-0.25, -0.2) is 0 Å². The maximum absolute atomic E-state index is 14.6. The molecule has 6 aliphatic rings. The van der Waals surface area contributed by atoms with Crippen molar-refractivity contribution in [2.24, 2.45) is 17.3 Å². The number of hydroxylamine groups is 2. The Kier molecular flexibility index (Phi) is 11.1. The molecule has 2 bridgehead atoms. The molecule has 6 fully saturated rings. The Labute approximate surface area is 314 Å². The SMILES string of the molecule is CC(C)(C)OC(=O)CC[C@@H](CO)NC(=O)CCNC(=O)[C@@]12C[C@H]3OC(=O)[C@@H]1N(Cc1ccccc1C=COCCO)O[C@@H]2[C@H]1OC(C2CC2)(C2CC2)O[C@H]13. The third kappa shape index (κ3) is 7.76. The molecule has 1 aromatic rings. The van der Waals surface area contributed by atoms with E-state index in [0.717, 1.165) is 36.8 Å². The van der Waals surface area contributed by atoms with Gasteiger partial charge < -0.3 is 44.5 Å². The Morgan fingerprint density at radius 3 is 2.46 bits per heavy atom. The molecular weight excluding hydrogens is 702 g/mol. The van der Waals surface area contributed by atoms with Crippen LogP contribution in [-0.4, -0.2) is 113 Å². The van der Waals surface area contributed by atoms with Crippen LogP contribution in [-0.2, 0) is 54.2 Å². The first-order valence-electron chi connectivity index (χ1n) is 19.3. The van der Waals surface area contributed by atoms with Crippen molar-refractivity contribution >= 4 is 29.8 Å². The molecule has 7 atom stereocenters. The lowest BCUT2D eigenvalue weighted by Gasteiger charge is -2.48. The van der Waals surface area contributed by atoms with Gasteiger partial charge in [0.25, 0.3) is 0 Å². The van der Waals surface area contributed by atoms with E-state index in [0.29, 0.717) is 0 Å². The Morgan fingerprint density at radius 2 is 1.78 bits per heavy atom. The van der Waals surface area contributed by atoms with Gasteiger partial charge in [0.1, 0.15) is 42.0 Å². The summed E-state index contributed by atoms with van der Waals surface area (Å²) in [6.45, 7) is 5.05. The van der Waals surface area contributed by atoms with Crippen molar-refractivity contribution in [2.75, 3.05) is 26.4 Å². The molecule has 0 radical (unpaired) electrons. The van der Waals surface area contributed by atoms with Crippen LogP contribution in [0, 0.1) is 17.3 Å². The van der Waals surface area contributed by atoms with Crippen LogP contribution in [0.1, 0.15) is 83.3 Å². The number of hydrogen-bond acceptors (Lipinski definition) is 13. The van der Waals surface area contributed by atoms with E-state index in [-0.39, 0.29) is 70.4 Å². The van der Waals surface area contributed by atoms with Crippen molar-refractivity contribution in [1.29, 1.82) is 0 Å². The maximum Gasteiger partial charge on any atom is 0.327 e. The molecule has 15 nitrogen and oxygen atoms in total. The number of aliphatic hydroxyl groups excluding tert-OH is 2. The maximum atomic E-state index is 14.6. The summed E-state index contributed by atoms with van der Waals surface area (Å²) in [5, 5.41) is 26.1. The van der Waals surface area contributed by atoms with E-state index in [1.54, 1.807) is 26.8 Å². The third-order valence-corrected chi connectivity index (χ3v) is 11.2. The third-order valence-electron chi connectivity index (χ3n) is 11.2. The van der Waals surface area contributed by atoms with Crippen molar-refractivity contribution in [2.45, 2.75) is 127 Å². The summed E-state index contributed by atoms with van der Waals surface area (Å²) < 4.78 is 30.5. The lowest BCUT2D eigenvalue weighted by atomic mass is 9.62. The summed E-state index contributed by atoms with van der Waals surface area (Å²) in [4.78, 5) is 60.5. The Bertz CT molecular complexity index is 1590. The molecule has 7 rings (SSSR count). The van der Waals surface area contributed by atoms with Gasteiger partial charge in [0.2, 0.25) is 11.8 Å². The number of aliphatic hydroxyl groups is 2. The highest BCUT2D eigenvalue weighted by Gasteiger charge is 2.78. The van der Waals surface area contributed by atoms with Gasteiger partial charge in [0.05, 0.1) is 32.1 Å². The number of carbonyl (C=O) groups is 4. The fraction of sp³-hybridized carbons (Fsp3) is 0.692. The van der Waals surface area contributed by atoms with Crippen LogP contribution in [0.5, 0.6) is 0 Å². The van der Waals surface area contributed by atoms with Gasteiger partial charge in [-0.3, -0.25) is 24.0 Å². The van der Waals surface area contributed by atoms with Crippen molar-refractivity contribution in [3.63, 3.8) is 0 Å². The number of ether oxygens (including phenoxy) is 5. The van der Waals surface area contributed by atoms with E-state index >= 15 is 0 Å². The fourth-order valence-electron chi connectivity index (χ4n) is 8.57. The molecule has 4 N–H and O–H groups in total. The highest BCUT2D eigenvalue weighted by molar-refractivity contribution is 5.94. The predicted octanol–water partition coefficient (Wildman–Crippen LogP) is 1.87. The van der Waals surface area contributed by atoms with E-state index in [4.69, 9.17) is 33.6 Å². The molecule has 3 saturated heterocycles. The lowest BCUT2D eigenvalue weighted by Crippen LogP contribution is -2.69. The summed E-state index contributed by atoms with van der Waals surface area (Å²) in [6, 6.07) is 5.76. The van der Waals surface area contributed by atoms with Crippen LogP contribution in [0.15, 0.2) is 30.5 Å². The summed E-state index contributed by atoms with van der Waals surface area (Å²) in [5.41, 5.74) is -0.444. The number of nitrogens with zero attached hydrogens (tertiary/aromatic N) is 1. The number of carbonyl (C=O) groups excluding carboxylic acids is 4. The molecule has 2 amide bonds. The van der Waals surface area contributed by atoms with E-state index in [9.17, 15) is 24.3 Å². The monoisotopic (exact) mass is 755 g/mol. The van der Waals surface area contributed by atoms with Gasteiger partial charge >= 0.3 is 11.9 Å². The van der Waals surface area contributed by atoms with Crippen LogP contribution < -0.4 is 10.6 Å². The molecule has 0 aromatic heterocycles. The number of rotatable bonds is 17. The minimum atomic E-state index is -1.40. The zero-order chi connectivity index (χ0) is 38.3. The minimum absolute atomic E-state index is 0.0214. The van der Waals surface area contributed by atoms with E-state index < -0.39 is 77.1 Å². The van der Waals surface area contributed by atoms with E-state index in [1.807, 2.05) is 24.3 Å². The van der Waals surface area contributed by atoms with Crippen LogP contribution in [0.25, 0.3) is 6.08 Å².